The summed E-state index contributed by atoms with van der Waals surface area (Å²) >= 11 is 0. The quantitative estimate of drug-likeness (QED) is 0.0800. The third-order valence-electron chi connectivity index (χ3n) is 8.00. The summed E-state index contributed by atoms with van der Waals surface area (Å²) in [6.45, 7) is 8.21. The lowest BCUT2D eigenvalue weighted by Crippen LogP contribution is -2.31. The number of ether oxygens (including phenoxy) is 3. The van der Waals surface area contributed by atoms with Crippen molar-refractivity contribution in [1.29, 1.82) is 0 Å². The highest BCUT2D eigenvalue weighted by Crippen LogP contribution is 2.26. The highest BCUT2D eigenvalue weighted by molar-refractivity contribution is 5.75. The van der Waals surface area contributed by atoms with Crippen LogP contribution in [0.1, 0.15) is 75.6 Å². The Balaban J connectivity index is 1.30. The SMILES string of the molecule is CCCCCCCCCOc1ccc(CCn2c(C)ccc2-c2ccc(O[C@H](Cc3ccccc3)C(=O)OCC)cc2)cc1. The van der Waals surface area contributed by atoms with E-state index in [4.69, 9.17) is 14.2 Å². The minimum atomic E-state index is -0.702. The zero-order valence-electron chi connectivity index (χ0n) is 26.8. The van der Waals surface area contributed by atoms with E-state index in [9.17, 15) is 4.79 Å². The number of aryl methyl sites for hydroxylation is 2. The number of unbranched alkanes of at least 4 members (excludes halogenated alkanes) is 6. The number of rotatable bonds is 19. The molecule has 0 unspecified atom stereocenters. The minimum Gasteiger partial charge on any atom is -0.494 e. The molecule has 0 saturated heterocycles. The van der Waals surface area contributed by atoms with Gasteiger partial charge in [0.05, 0.1) is 13.2 Å². The van der Waals surface area contributed by atoms with Gasteiger partial charge in [0.2, 0.25) is 0 Å². The Kier molecular flexibility index (Phi) is 13.4. The number of esters is 1. The molecule has 0 spiro atoms. The third kappa shape index (κ3) is 10.3. The second-order valence-corrected chi connectivity index (χ2v) is 11.4. The summed E-state index contributed by atoms with van der Waals surface area (Å²) in [5.74, 6) is 1.25. The maximum absolute atomic E-state index is 12.6. The van der Waals surface area contributed by atoms with Gasteiger partial charge in [0.1, 0.15) is 11.5 Å². The molecule has 4 rings (SSSR count). The van der Waals surface area contributed by atoms with Crippen molar-refractivity contribution in [2.75, 3.05) is 13.2 Å². The minimum absolute atomic E-state index is 0.319. The molecule has 1 atom stereocenters. The van der Waals surface area contributed by atoms with Crippen LogP contribution in [0.3, 0.4) is 0 Å². The number of carbonyl (C=O) groups is 1. The van der Waals surface area contributed by atoms with E-state index in [1.54, 1.807) is 0 Å². The van der Waals surface area contributed by atoms with Crippen LogP contribution < -0.4 is 9.47 Å². The molecule has 0 N–H and O–H groups in total. The lowest BCUT2D eigenvalue weighted by molar-refractivity contribution is -0.151. The van der Waals surface area contributed by atoms with Crippen LogP contribution in [0.4, 0.5) is 0 Å². The molecule has 1 heterocycles. The molecule has 4 aromatic rings. The molecule has 0 saturated carbocycles. The van der Waals surface area contributed by atoms with E-state index in [-0.39, 0.29) is 5.97 Å². The molecular formula is C39H49NO4. The van der Waals surface area contributed by atoms with Crippen LogP contribution in [0.5, 0.6) is 11.5 Å². The topological polar surface area (TPSA) is 49.7 Å². The van der Waals surface area contributed by atoms with Gasteiger partial charge in [-0.2, -0.15) is 0 Å². The van der Waals surface area contributed by atoms with E-state index in [1.165, 1.54) is 49.8 Å². The maximum atomic E-state index is 12.6. The van der Waals surface area contributed by atoms with Gasteiger partial charge in [-0.05, 0) is 91.9 Å². The van der Waals surface area contributed by atoms with E-state index in [1.807, 2.05) is 49.4 Å². The fraction of sp³-hybridized carbons (Fsp3) is 0.410. The summed E-state index contributed by atoms with van der Waals surface area (Å²) < 4.78 is 19.8. The molecule has 0 amide bonds. The zero-order chi connectivity index (χ0) is 31.0. The van der Waals surface area contributed by atoms with Crippen LogP contribution in [0.2, 0.25) is 0 Å². The number of hydrogen-bond donors (Lipinski definition) is 0. The molecular weight excluding hydrogens is 546 g/mol. The summed E-state index contributed by atoms with van der Waals surface area (Å²) in [4.78, 5) is 12.6. The van der Waals surface area contributed by atoms with Crippen molar-refractivity contribution in [1.82, 2.24) is 4.57 Å². The van der Waals surface area contributed by atoms with Crippen molar-refractivity contribution < 1.29 is 19.0 Å². The van der Waals surface area contributed by atoms with Gasteiger partial charge in [-0.25, -0.2) is 4.79 Å². The third-order valence-corrected chi connectivity index (χ3v) is 8.00. The highest BCUT2D eigenvalue weighted by atomic mass is 16.6. The number of benzene rings is 3. The van der Waals surface area contributed by atoms with E-state index in [0.717, 1.165) is 48.6 Å². The molecule has 5 nitrogen and oxygen atoms in total. The van der Waals surface area contributed by atoms with Gasteiger partial charge in [-0.3, -0.25) is 0 Å². The molecule has 0 aliphatic rings. The number of aromatic nitrogens is 1. The fourth-order valence-electron chi connectivity index (χ4n) is 5.47. The van der Waals surface area contributed by atoms with Crippen LogP contribution in [-0.4, -0.2) is 29.9 Å². The predicted octanol–water partition coefficient (Wildman–Crippen LogP) is 9.39. The molecule has 44 heavy (non-hydrogen) atoms. The van der Waals surface area contributed by atoms with E-state index < -0.39 is 6.10 Å². The maximum Gasteiger partial charge on any atom is 0.347 e. The van der Waals surface area contributed by atoms with Crippen molar-refractivity contribution in [3.63, 3.8) is 0 Å². The summed E-state index contributed by atoms with van der Waals surface area (Å²) in [7, 11) is 0. The standard InChI is InChI=1S/C39H49NO4/c1-4-6-7-8-9-10-14-29-43-35-22-18-32(19-23-35)27-28-40-31(3)17-26-37(40)34-20-24-36(25-21-34)44-38(39(41)42-5-2)30-33-15-12-11-13-16-33/h11-13,15-26,38H,4-10,14,27-30H2,1-3H3/t38-/m1/s1. The Hall–Kier alpha value is -3.99. The van der Waals surface area contributed by atoms with E-state index in [0.29, 0.717) is 18.8 Å². The van der Waals surface area contributed by atoms with Crippen molar-refractivity contribution in [2.45, 2.75) is 91.2 Å². The first-order valence-corrected chi connectivity index (χ1v) is 16.4. The average Bonchev–Trinajstić information content (AvgIpc) is 3.42. The highest BCUT2D eigenvalue weighted by Gasteiger charge is 2.22. The lowest BCUT2D eigenvalue weighted by Gasteiger charge is -2.18. The molecule has 0 bridgehead atoms. The Labute approximate surface area is 264 Å². The Morgan fingerprint density at radius 3 is 2.11 bits per heavy atom. The van der Waals surface area contributed by atoms with Crippen LogP contribution in [0, 0.1) is 6.92 Å². The molecule has 234 valence electrons. The van der Waals surface area contributed by atoms with Gasteiger partial charge in [0, 0.05) is 24.4 Å². The second-order valence-electron chi connectivity index (χ2n) is 11.4. The summed E-state index contributed by atoms with van der Waals surface area (Å²) in [6.07, 6.45) is 9.72. The second kappa shape index (κ2) is 18.0. The number of nitrogens with zero attached hydrogens (tertiary/aromatic N) is 1. The van der Waals surface area contributed by atoms with Crippen LogP contribution in [0.25, 0.3) is 11.3 Å². The Bertz CT molecular complexity index is 1380. The largest absolute Gasteiger partial charge is 0.494 e. The zero-order valence-corrected chi connectivity index (χ0v) is 26.8. The summed E-state index contributed by atoms with van der Waals surface area (Å²) in [6, 6.07) is 30.8. The van der Waals surface area contributed by atoms with Crippen LogP contribution in [-0.2, 0) is 28.9 Å². The first-order chi connectivity index (χ1) is 21.6. The van der Waals surface area contributed by atoms with Gasteiger partial charge < -0.3 is 18.8 Å². The molecule has 1 aromatic heterocycles. The first-order valence-electron chi connectivity index (χ1n) is 16.4. The smallest absolute Gasteiger partial charge is 0.347 e. The van der Waals surface area contributed by atoms with E-state index in [2.05, 4.69) is 66.9 Å². The molecule has 3 aromatic carbocycles. The van der Waals surface area contributed by atoms with Gasteiger partial charge in [0.15, 0.2) is 6.10 Å². The molecule has 0 aliphatic carbocycles. The lowest BCUT2D eigenvalue weighted by atomic mass is 10.1. The van der Waals surface area contributed by atoms with Crippen molar-refractivity contribution >= 4 is 5.97 Å². The predicted molar refractivity (Wildman–Crippen MR) is 179 cm³/mol. The van der Waals surface area contributed by atoms with Crippen LogP contribution in [0.15, 0.2) is 91.0 Å². The van der Waals surface area contributed by atoms with Gasteiger partial charge in [-0.1, -0.05) is 87.9 Å². The Morgan fingerprint density at radius 2 is 1.41 bits per heavy atom. The monoisotopic (exact) mass is 595 g/mol. The van der Waals surface area contributed by atoms with Gasteiger partial charge in [0.25, 0.3) is 0 Å². The van der Waals surface area contributed by atoms with Crippen molar-refractivity contribution in [3.8, 4) is 22.8 Å². The Morgan fingerprint density at radius 1 is 0.727 bits per heavy atom. The summed E-state index contributed by atoms with van der Waals surface area (Å²) in [5, 5.41) is 0. The number of carbonyl (C=O) groups excluding carboxylic acids is 1. The molecule has 0 aliphatic heterocycles. The summed E-state index contributed by atoms with van der Waals surface area (Å²) in [5.41, 5.74) is 5.81. The number of hydrogen-bond acceptors (Lipinski definition) is 4. The van der Waals surface area contributed by atoms with Gasteiger partial charge >= 0.3 is 5.97 Å². The molecule has 0 fully saturated rings. The van der Waals surface area contributed by atoms with Gasteiger partial charge in [-0.15, -0.1) is 0 Å². The van der Waals surface area contributed by atoms with Crippen LogP contribution >= 0.6 is 0 Å². The van der Waals surface area contributed by atoms with Crippen molar-refractivity contribution in [3.05, 3.63) is 108 Å². The molecule has 5 heteroatoms. The normalized spacial score (nSPS) is 11.7. The first kappa shape index (κ1) is 32.9. The van der Waals surface area contributed by atoms with Crippen molar-refractivity contribution in [2.24, 2.45) is 0 Å². The van der Waals surface area contributed by atoms with E-state index >= 15 is 0 Å². The average molecular weight is 596 g/mol. The molecule has 0 radical (unpaired) electrons. The fourth-order valence-corrected chi connectivity index (χ4v) is 5.47.